The van der Waals surface area contributed by atoms with Crippen molar-refractivity contribution in [3.63, 3.8) is 0 Å². The van der Waals surface area contributed by atoms with Crippen molar-refractivity contribution < 1.29 is 31.8 Å². The number of carbonyl (C=O) groups is 1. The van der Waals surface area contributed by atoms with Crippen LogP contribution in [0.5, 0.6) is 11.5 Å². The normalized spacial score (nSPS) is 12.2. The molecule has 0 spiro atoms. The lowest BCUT2D eigenvalue weighted by molar-refractivity contribution is 0.102. The van der Waals surface area contributed by atoms with E-state index >= 15 is 0 Å². The van der Waals surface area contributed by atoms with E-state index in [1.165, 1.54) is 24.3 Å². The van der Waals surface area contributed by atoms with Gasteiger partial charge in [-0.05, 0) is 72.2 Å². The molecular weight excluding hydrogens is 601 g/mol. The number of unbranched alkanes of at least 4 members (excludes halogenated alkanes) is 1. The Hall–Kier alpha value is -4.19. The first kappa shape index (κ1) is 32.7. The summed E-state index contributed by atoms with van der Waals surface area (Å²) in [7, 11) is -7.97. The summed E-state index contributed by atoms with van der Waals surface area (Å²) in [5.74, 6) is -2.46. The molecule has 11 heteroatoms. The molecule has 0 radical (unpaired) electrons. The largest absolute Gasteiger partial charge is 0.504 e. The van der Waals surface area contributed by atoms with E-state index in [1.807, 2.05) is 51.1 Å². The molecule has 4 rings (SSSR count). The van der Waals surface area contributed by atoms with Gasteiger partial charge in [0, 0.05) is 18.3 Å². The molecule has 0 atom stereocenters. The number of sulfone groups is 1. The molecule has 0 aliphatic carbocycles. The van der Waals surface area contributed by atoms with Crippen LogP contribution in [-0.4, -0.2) is 39.5 Å². The van der Waals surface area contributed by atoms with Crippen molar-refractivity contribution >= 4 is 31.5 Å². The van der Waals surface area contributed by atoms with E-state index < -0.39 is 48.2 Å². The molecule has 4 aromatic rings. The van der Waals surface area contributed by atoms with Crippen LogP contribution in [0.4, 0.5) is 5.69 Å². The van der Waals surface area contributed by atoms with Crippen LogP contribution in [0.2, 0.25) is 0 Å². The second-order valence-corrected chi connectivity index (χ2v) is 15.1. The number of aromatic hydroxyl groups is 2. The van der Waals surface area contributed by atoms with Gasteiger partial charge < -0.3 is 15.5 Å². The monoisotopic (exact) mass is 636 g/mol. The number of anilines is 1. The minimum Gasteiger partial charge on any atom is -0.504 e. The molecule has 0 aliphatic heterocycles. The maximum atomic E-state index is 13.4. The Morgan fingerprint density at radius 1 is 0.773 bits per heavy atom. The molecule has 1 amide bonds. The van der Waals surface area contributed by atoms with Gasteiger partial charge in [-0.3, -0.25) is 4.79 Å². The van der Waals surface area contributed by atoms with E-state index in [0.29, 0.717) is 12.0 Å². The Balaban J connectivity index is 1.46. The number of phenolic OH excluding ortho intramolecular Hbond substituents is 2. The molecule has 0 unspecified atom stereocenters. The van der Waals surface area contributed by atoms with Gasteiger partial charge in [0.05, 0.1) is 20.2 Å². The zero-order valence-electron chi connectivity index (χ0n) is 24.7. The molecule has 0 aliphatic rings. The van der Waals surface area contributed by atoms with Gasteiger partial charge in [-0.25, -0.2) is 21.6 Å². The Labute approximate surface area is 258 Å². The number of hydrogen-bond donors (Lipinski definition) is 4. The summed E-state index contributed by atoms with van der Waals surface area (Å²) in [6.45, 7) is 5.93. The van der Waals surface area contributed by atoms with E-state index in [-0.39, 0.29) is 26.9 Å². The Bertz CT molecular complexity index is 1850. The van der Waals surface area contributed by atoms with E-state index in [4.69, 9.17) is 0 Å². The minimum atomic E-state index is -4.10. The maximum Gasteiger partial charge on any atom is 0.259 e. The van der Waals surface area contributed by atoms with Crippen molar-refractivity contribution in [3.05, 3.63) is 108 Å². The second kappa shape index (κ2) is 13.2. The van der Waals surface area contributed by atoms with Gasteiger partial charge in [0.25, 0.3) is 5.91 Å². The van der Waals surface area contributed by atoms with Crippen LogP contribution in [-0.2, 0) is 31.7 Å². The number of rotatable bonds is 11. The fourth-order valence-electron chi connectivity index (χ4n) is 4.67. The first-order chi connectivity index (χ1) is 20.7. The Kier molecular flexibility index (Phi) is 9.82. The number of carbonyl (C=O) groups excluding carboxylic acids is 1. The van der Waals surface area contributed by atoms with Crippen molar-refractivity contribution in [1.82, 2.24) is 4.72 Å². The molecule has 9 nitrogen and oxygen atoms in total. The third-order valence-electron chi connectivity index (χ3n) is 7.05. The molecule has 0 bridgehead atoms. The van der Waals surface area contributed by atoms with Crippen molar-refractivity contribution in [1.29, 1.82) is 0 Å². The van der Waals surface area contributed by atoms with Gasteiger partial charge in [0.2, 0.25) is 19.9 Å². The zero-order valence-corrected chi connectivity index (χ0v) is 26.4. The van der Waals surface area contributed by atoms with E-state index in [1.54, 1.807) is 24.3 Å². The first-order valence-electron chi connectivity index (χ1n) is 14.1. The van der Waals surface area contributed by atoms with Crippen molar-refractivity contribution in [2.24, 2.45) is 0 Å². The third-order valence-corrected chi connectivity index (χ3v) is 10.3. The summed E-state index contributed by atoms with van der Waals surface area (Å²) >= 11 is 0. The van der Waals surface area contributed by atoms with Crippen LogP contribution >= 0.6 is 0 Å². The van der Waals surface area contributed by atoms with E-state index in [0.717, 1.165) is 30.5 Å². The molecule has 0 heterocycles. The number of aryl methyl sites for hydroxylation is 1. The van der Waals surface area contributed by atoms with Gasteiger partial charge >= 0.3 is 0 Å². The predicted octanol–water partition coefficient (Wildman–Crippen LogP) is 5.78. The summed E-state index contributed by atoms with van der Waals surface area (Å²) < 4.78 is 55.1. The SMILES string of the molecule is CC(C)(C)c1ccccc1S(=O)(=O)c1ccc(NC(=O)c2cc(S(=O)(=O)NCCCCc3ccccc3)cc(O)c2O)cc1. The standard InChI is InChI=1S/C33H36N2O7S2/c1-33(2,3)28-14-7-8-15-30(28)43(39,40)25-18-16-24(17-19-25)35-32(38)27-21-26(22-29(36)31(27)37)44(41,42)34-20-10-9-13-23-11-5-4-6-12-23/h4-8,11-12,14-19,21-22,34,36-37H,9-10,13,20H2,1-3H3,(H,35,38). The molecule has 0 aromatic heterocycles. The lowest BCUT2D eigenvalue weighted by atomic mass is 9.87. The minimum absolute atomic E-state index is 0.0237. The van der Waals surface area contributed by atoms with Gasteiger partial charge in [-0.2, -0.15) is 0 Å². The average Bonchev–Trinajstić information content (AvgIpc) is 2.98. The number of sulfonamides is 1. The highest BCUT2D eigenvalue weighted by atomic mass is 32.2. The van der Waals surface area contributed by atoms with E-state index in [2.05, 4.69) is 10.0 Å². The highest BCUT2D eigenvalue weighted by molar-refractivity contribution is 7.91. The quantitative estimate of drug-likeness (QED) is 0.120. The maximum absolute atomic E-state index is 13.4. The summed E-state index contributed by atoms with van der Waals surface area (Å²) in [6, 6.07) is 23.9. The summed E-state index contributed by atoms with van der Waals surface area (Å²) in [5, 5.41) is 23.1. The van der Waals surface area contributed by atoms with E-state index in [9.17, 15) is 31.8 Å². The molecular formula is C33H36N2O7S2. The van der Waals surface area contributed by atoms with Gasteiger partial charge in [0.1, 0.15) is 0 Å². The highest BCUT2D eigenvalue weighted by Gasteiger charge is 2.27. The zero-order chi connectivity index (χ0) is 32.1. The Morgan fingerprint density at radius 2 is 1.41 bits per heavy atom. The summed E-state index contributed by atoms with van der Waals surface area (Å²) in [6.07, 6.45) is 2.12. The topological polar surface area (TPSA) is 150 Å². The molecule has 232 valence electrons. The molecule has 0 saturated heterocycles. The van der Waals surface area contributed by atoms with Gasteiger partial charge in [-0.15, -0.1) is 0 Å². The van der Waals surface area contributed by atoms with Crippen LogP contribution < -0.4 is 10.0 Å². The number of nitrogens with one attached hydrogen (secondary N) is 2. The molecule has 4 aromatic carbocycles. The highest BCUT2D eigenvalue weighted by Crippen LogP contribution is 2.34. The molecule has 44 heavy (non-hydrogen) atoms. The second-order valence-electron chi connectivity index (χ2n) is 11.4. The number of phenols is 2. The average molecular weight is 637 g/mol. The first-order valence-corrected chi connectivity index (χ1v) is 17.0. The van der Waals surface area contributed by atoms with Crippen molar-refractivity contribution in [2.75, 3.05) is 11.9 Å². The van der Waals surface area contributed by atoms with Gasteiger partial charge in [0.15, 0.2) is 11.5 Å². The predicted molar refractivity (Wildman–Crippen MR) is 169 cm³/mol. The Morgan fingerprint density at radius 3 is 2.07 bits per heavy atom. The fourth-order valence-corrected chi connectivity index (χ4v) is 7.46. The lowest BCUT2D eigenvalue weighted by Gasteiger charge is -2.22. The van der Waals surface area contributed by atoms with Crippen LogP contribution in [0.1, 0.15) is 55.1 Å². The molecule has 0 fully saturated rings. The molecule has 4 N–H and O–H groups in total. The van der Waals surface area contributed by atoms with Gasteiger partial charge in [-0.1, -0.05) is 69.3 Å². The van der Waals surface area contributed by atoms with Crippen LogP contribution in [0.3, 0.4) is 0 Å². The molecule has 0 saturated carbocycles. The van der Waals surface area contributed by atoms with Crippen LogP contribution in [0, 0.1) is 0 Å². The number of benzene rings is 4. The number of hydrogen-bond acceptors (Lipinski definition) is 7. The summed E-state index contributed by atoms with van der Waals surface area (Å²) in [5.41, 5.74) is 1.14. The van der Waals surface area contributed by atoms with Crippen LogP contribution in [0.15, 0.2) is 106 Å². The summed E-state index contributed by atoms with van der Waals surface area (Å²) in [4.78, 5) is 12.9. The van der Waals surface area contributed by atoms with Crippen molar-refractivity contribution in [3.8, 4) is 11.5 Å². The fraction of sp³-hybridized carbons (Fsp3) is 0.242. The van der Waals surface area contributed by atoms with Crippen LogP contribution in [0.25, 0.3) is 0 Å². The smallest absolute Gasteiger partial charge is 0.259 e. The lowest BCUT2D eigenvalue weighted by Crippen LogP contribution is -2.25. The third kappa shape index (κ3) is 7.65. The number of amides is 1. The van der Waals surface area contributed by atoms with Crippen molar-refractivity contribution in [2.45, 2.75) is 60.1 Å².